The van der Waals surface area contributed by atoms with E-state index in [-0.39, 0.29) is 11.8 Å². The summed E-state index contributed by atoms with van der Waals surface area (Å²) in [7, 11) is 0. The van der Waals surface area contributed by atoms with Gasteiger partial charge >= 0.3 is 0 Å². The molecule has 0 aliphatic rings. The van der Waals surface area contributed by atoms with Crippen molar-refractivity contribution in [1.29, 1.82) is 0 Å². The normalized spacial score (nSPS) is 11.6. The van der Waals surface area contributed by atoms with Crippen molar-refractivity contribution in [3.05, 3.63) is 47.5 Å². The van der Waals surface area contributed by atoms with E-state index in [0.717, 1.165) is 22.6 Å². The third kappa shape index (κ3) is 3.43. The Balaban J connectivity index is 1.72. The zero-order valence-corrected chi connectivity index (χ0v) is 15.2. The minimum atomic E-state index is -0.0929. The third-order valence-electron chi connectivity index (χ3n) is 4.31. The van der Waals surface area contributed by atoms with Gasteiger partial charge in [-0.25, -0.2) is 4.98 Å². The van der Waals surface area contributed by atoms with Gasteiger partial charge < -0.3 is 9.88 Å². The number of amides is 1. The van der Waals surface area contributed by atoms with Gasteiger partial charge in [0.25, 0.3) is 5.91 Å². The monoisotopic (exact) mass is 339 g/mol. The number of rotatable bonds is 6. The summed E-state index contributed by atoms with van der Waals surface area (Å²) >= 11 is 0. The number of nitrogens with zero attached hydrogens (tertiary/aromatic N) is 3. The summed E-state index contributed by atoms with van der Waals surface area (Å²) in [5.74, 6) is 1.13. The number of hydrogen-bond acceptors (Lipinski definition) is 3. The second kappa shape index (κ2) is 7.09. The molecule has 132 valence electrons. The first-order valence-corrected chi connectivity index (χ1v) is 8.76. The Morgan fingerprint density at radius 2 is 2.00 bits per heavy atom. The Bertz CT molecular complexity index is 875. The SMILES string of the molecule is CC(C)c1[nH]ncc1C(=O)NCCc1nc2ccccc2n1C(C)C. The van der Waals surface area contributed by atoms with Crippen molar-refractivity contribution in [3.8, 4) is 0 Å². The highest BCUT2D eigenvalue weighted by Crippen LogP contribution is 2.21. The summed E-state index contributed by atoms with van der Waals surface area (Å²) in [6.07, 6.45) is 2.28. The maximum Gasteiger partial charge on any atom is 0.254 e. The quantitative estimate of drug-likeness (QED) is 0.722. The molecule has 0 radical (unpaired) electrons. The van der Waals surface area contributed by atoms with E-state index in [2.05, 4.69) is 40.0 Å². The molecule has 3 rings (SSSR count). The van der Waals surface area contributed by atoms with E-state index < -0.39 is 0 Å². The Labute approximate surface area is 147 Å². The van der Waals surface area contributed by atoms with Crippen LogP contribution in [0.4, 0.5) is 0 Å². The van der Waals surface area contributed by atoms with Crippen LogP contribution in [0.5, 0.6) is 0 Å². The second-order valence-corrected chi connectivity index (χ2v) is 6.84. The van der Waals surface area contributed by atoms with Crippen LogP contribution in [0.2, 0.25) is 0 Å². The maximum absolute atomic E-state index is 12.4. The fourth-order valence-electron chi connectivity index (χ4n) is 3.15. The fourth-order valence-corrected chi connectivity index (χ4v) is 3.15. The van der Waals surface area contributed by atoms with Crippen LogP contribution in [0, 0.1) is 0 Å². The van der Waals surface area contributed by atoms with E-state index in [4.69, 9.17) is 4.98 Å². The lowest BCUT2D eigenvalue weighted by Gasteiger charge is -2.13. The summed E-state index contributed by atoms with van der Waals surface area (Å²) in [6.45, 7) is 8.91. The number of nitrogens with one attached hydrogen (secondary N) is 2. The number of H-pyrrole nitrogens is 1. The lowest BCUT2D eigenvalue weighted by atomic mass is 10.1. The Hall–Kier alpha value is -2.63. The predicted octanol–water partition coefficient (Wildman–Crippen LogP) is 3.44. The first kappa shape index (κ1) is 17.2. The molecule has 3 aromatic rings. The van der Waals surface area contributed by atoms with Gasteiger partial charge in [0.1, 0.15) is 5.82 Å². The van der Waals surface area contributed by atoms with Crippen molar-refractivity contribution >= 4 is 16.9 Å². The number of benzene rings is 1. The maximum atomic E-state index is 12.4. The third-order valence-corrected chi connectivity index (χ3v) is 4.31. The standard InChI is InChI=1S/C19H25N5O/c1-12(2)18-14(11-21-23-18)19(25)20-10-9-17-22-15-7-5-6-8-16(15)24(17)13(3)4/h5-8,11-13H,9-10H2,1-4H3,(H,20,25)(H,21,23). The van der Waals surface area contributed by atoms with E-state index in [1.54, 1.807) is 6.20 Å². The molecular weight excluding hydrogens is 314 g/mol. The average Bonchev–Trinajstić information content (AvgIpc) is 3.19. The van der Waals surface area contributed by atoms with Crippen molar-refractivity contribution in [3.63, 3.8) is 0 Å². The Morgan fingerprint density at radius 3 is 2.72 bits per heavy atom. The topological polar surface area (TPSA) is 75.6 Å². The molecule has 0 saturated carbocycles. The summed E-state index contributed by atoms with van der Waals surface area (Å²) in [5.41, 5.74) is 3.62. The number of para-hydroxylation sites is 2. The summed E-state index contributed by atoms with van der Waals surface area (Å²) in [5, 5.41) is 9.89. The largest absolute Gasteiger partial charge is 0.351 e. The molecule has 0 spiro atoms. The molecule has 2 heterocycles. The summed E-state index contributed by atoms with van der Waals surface area (Å²) in [6, 6.07) is 8.46. The minimum Gasteiger partial charge on any atom is -0.351 e. The summed E-state index contributed by atoms with van der Waals surface area (Å²) < 4.78 is 2.24. The molecule has 2 N–H and O–H groups in total. The molecule has 0 atom stereocenters. The fraction of sp³-hybridized carbons (Fsp3) is 0.421. The van der Waals surface area contributed by atoms with Gasteiger partial charge in [0.2, 0.25) is 0 Å². The van der Waals surface area contributed by atoms with Crippen molar-refractivity contribution in [2.24, 2.45) is 0 Å². The first-order chi connectivity index (χ1) is 12.0. The van der Waals surface area contributed by atoms with Gasteiger partial charge in [-0.3, -0.25) is 9.89 Å². The van der Waals surface area contributed by atoms with E-state index in [0.29, 0.717) is 24.6 Å². The number of imidazole rings is 1. The number of carbonyl (C=O) groups is 1. The van der Waals surface area contributed by atoms with Gasteiger partial charge in [-0.1, -0.05) is 26.0 Å². The number of hydrogen-bond donors (Lipinski definition) is 2. The molecule has 0 unspecified atom stereocenters. The van der Waals surface area contributed by atoms with E-state index in [9.17, 15) is 4.79 Å². The molecular formula is C19H25N5O. The molecule has 0 aliphatic carbocycles. The molecule has 0 aliphatic heterocycles. The molecule has 6 heteroatoms. The highest BCUT2D eigenvalue weighted by Gasteiger charge is 2.17. The highest BCUT2D eigenvalue weighted by molar-refractivity contribution is 5.95. The average molecular weight is 339 g/mol. The van der Waals surface area contributed by atoms with Crippen molar-refractivity contribution in [2.45, 2.75) is 46.1 Å². The first-order valence-electron chi connectivity index (χ1n) is 8.76. The van der Waals surface area contributed by atoms with Crippen molar-refractivity contribution in [2.75, 3.05) is 6.54 Å². The van der Waals surface area contributed by atoms with Crippen LogP contribution in [0.3, 0.4) is 0 Å². The number of carbonyl (C=O) groups excluding carboxylic acids is 1. The van der Waals surface area contributed by atoms with Gasteiger partial charge in [0.15, 0.2) is 0 Å². The van der Waals surface area contributed by atoms with E-state index in [1.807, 2.05) is 32.0 Å². The molecule has 0 saturated heterocycles. The molecule has 2 aromatic heterocycles. The number of fused-ring (bicyclic) bond motifs is 1. The smallest absolute Gasteiger partial charge is 0.254 e. The van der Waals surface area contributed by atoms with Crippen LogP contribution in [0.15, 0.2) is 30.5 Å². The number of aromatic nitrogens is 4. The zero-order chi connectivity index (χ0) is 18.0. The van der Waals surface area contributed by atoms with Crippen LogP contribution < -0.4 is 5.32 Å². The van der Waals surface area contributed by atoms with Crippen LogP contribution in [-0.2, 0) is 6.42 Å². The number of aromatic amines is 1. The Morgan fingerprint density at radius 1 is 1.24 bits per heavy atom. The van der Waals surface area contributed by atoms with Gasteiger partial charge in [-0.15, -0.1) is 0 Å². The minimum absolute atomic E-state index is 0.0929. The molecule has 25 heavy (non-hydrogen) atoms. The molecule has 0 fully saturated rings. The molecule has 1 amide bonds. The predicted molar refractivity (Wildman–Crippen MR) is 98.8 cm³/mol. The van der Waals surface area contributed by atoms with Crippen LogP contribution in [0.1, 0.15) is 61.5 Å². The van der Waals surface area contributed by atoms with Gasteiger partial charge in [-0.2, -0.15) is 5.10 Å². The molecule has 6 nitrogen and oxygen atoms in total. The Kier molecular flexibility index (Phi) is 4.88. The van der Waals surface area contributed by atoms with E-state index >= 15 is 0 Å². The van der Waals surface area contributed by atoms with E-state index in [1.165, 1.54) is 0 Å². The lowest BCUT2D eigenvalue weighted by Crippen LogP contribution is -2.27. The van der Waals surface area contributed by atoms with Gasteiger partial charge in [0.05, 0.1) is 28.5 Å². The molecule has 1 aromatic carbocycles. The van der Waals surface area contributed by atoms with Crippen LogP contribution in [0.25, 0.3) is 11.0 Å². The lowest BCUT2D eigenvalue weighted by molar-refractivity contribution is 0.0952. The zero-order valence-electron chi connectivity index (χ0n) is 15.2. The van der Waals surface area contributed by atoms with Crippen LogP contribution >= 0.6 is 0 Å². The van der Waals surface area contributed by atoms with Crippen molar-refractivity contribution < 1.29 is 4.79 Å². The summed E-state index contributed by atoms with van der Waals surface area (Å²) in [4.78, 5) is 17.1. The molecule has 0 bridgehead atoms. The van der Waals surface area contributed by atoms with Crippen molar-refractivity contribution in [1.82, 2.24) is 25.1 Å². The van der Waals surface area contributed by atoms with Crippen LogP contribution in [-0.4, -0.2) is 32.2 Å². The van der Waals surface area contributed by atoms with Gasteiger partial charge in [-0.05, 0) is 31.9 Å². The van der Waals surface area contributed by atoms with Gasteiger partial charge in [0, 0.05) is 19.0 Å². The highest BCUT2D eigenvalue weighted by atomic mass is 16.1. The second-order valence-electron chi connectivity index (χ2n) is 6.84.